The molecule has 0 aliphatic heterocycles. The van der Waals surface area contributed by atoms with Crippen molar-refractivity contribution < 1.29 is 33.2 Å². The van der Waals surface area contributed by atoms with Gasteiger partial charge in [-0.1, -0.05) is 12.8 Å². The zero-order chi connectivity index (χ0) is 21.1. The summed E-state index contributed by atoms with van der Waals surface area (Å²) in [5.41, 5.74) is 5.31. The fourth-order valence-corrected chi connectivity index (χ4v) is 2.35. The van der Waals surface area contributed by atoms with Crippen molar-refractivity contribution in [3.05, 3.63) is 0 Å². The van der Waals surface area contributed by atoms with E-state index in [1.165, 1.54) is 12.8 Å². The maximum atomic E-state index is 5.63. The van der Waals surface area contributed by atoms with E-state index in [4.69, 9.17) is 50.5 Å². The second-order valence-corrected chi connectivity index (χ2v) is 6.56. The van der Waals surface area contributed by atoms with Gasteiger partial charge in [-0.05, 0) is 12.8 Å². The zero-order valence-electron chi connectivity index (χ0n) is 18.0. The molecule has 176 valence electrons. The second-order valence-electron chi connectivity index (χ2n) is 6.18. The maximum absolute atomic E-state index is 5.63. The normalized spacial score (nSPS) is 11.4. The molecule has 0 bridgehead atoms. The van der Waals surface area contributed by atoms with Crippen LogP contribution in [0.25, 0.3) is 0 Å². The molecule has 0 aliphatic carbocycles. The third-order valence-corrected chi connectivity index (χ3v) is 3.93. The lowest BCUT2D eigenvalue weighted by molar-refractivity contribution is -0.0203. The molecule has 0 fully saturated rings. The predicted octanol–water partition coefficient (Wildman–Crippen LogP) is 1.86. The summed E-state index contributed by atoms with van der Waals surface area (Å²) in [5.74, 6) is 0.751. The van der Waals surface area contributed by atoms with Crippen LogP contribution in [0.15, 0.2) is 0 Å². The smallest absolute Gasteiger partial charge is 0.0701 e. The Balaban J connectivity index is 2.97. The first-order valence-electron chi connectivity index (χ1n) is 10.7. The second kappa shape index (κ2) is 28.0. The Labute approximate surface area is 181 Å². The van der Waals surface area contributed by atoms with Gasteiger partial charge in [0.25, 0.3) is 0 Å². The summed E-state index contributed by atoms with van der Waals surface area (Å²) in [7, 11) is 0. The Morgan fingerprint density at radius 3 is 1.03 bits per heavy atom. The number of alkyl halides is 1. The summed E-state index contributed by atoms with van der Waals surface area (Å²) < 4.78 is 37.7. The van der Waals surface area contributed by atoms with E-state index < -0.39 is 0 Å². The number of nitrogens with two attached hydrogens (primary N) is 1. The summed E-state index contributed by atoms with van der Waals surface area (Å²) in [6.07, 6.45) is 4.53. The van der Waals surface area contributed by atoms with Crippen molar-refractivity contribution in [1.29, 1.82) is 0 Å². The zero-order valence-corrected chi connectivity index (χ0v) is 18.7. The molecule has 0 aliphatic rings. The van der Waals surface area contributed by atoms with Crippen LogP contribution < -0.4 is 5.73 Å². The van der Waals surface area contributed by atoms with Crippen molar-refractivity contribution in [2.24, 2.45) is 5.73 Å². The minimum Gasteiger partial charge on any atom is -0.379 e. The van der Waals surface area contributed by atoms with Gasteiger partial charge in [0.15, 0.2) is 0 Å². The number of rotatable bonds is 26. The molecule has 0 saturated heterocycles. The van der Waals surface area contributed by atoms with E-state index in [0.717, 1.165) is 25.3 Å². The number of unbranched alkanes of at least 4 members (excludes halogenated alkanes) is 3. The van der Waals surface area contributed by atoms with E-state index in [2.05, 4.69) is 0 Å². The molecule has 0 aromatic rings. The van der Waals surface area contributed by atoms with Crippen molar-refractivity contribution in [2.75, 3.05) is 105 Å². The monoisotopic (exact) mass is 443 g/mol. The Kier molecular flexibility index (Phi) is 27.9. The quantitative estimate of drug-likeness (QED) is 0.160. The molecule has 0 unspecified atom stereocenters. The highest BCUT2D eigenvalue weighted by Gasteiger charge is 1.95. The molecular weight excluding hydrogens is 402 g/mol. The first kappa shape index (κ1) is 29.0. The topological polar surface area (TPSA) is 90.6 Å². The van der Waals surface area contributed by atoms with E-state index >= 15 is 0 Å². The standard InChI is InChI=1S/C20H42ClNO7/c21-5-3-1-2-4-7-23-9-11-25-13-15-27-17-19-29-20-18-28-16-14-26-12-10-24-8-6-22/h1-20,22H2. The van der Waals surface area contributed by atoms with Crippen LogP contribution in [-0.4, -0.2) is 105 Å². The van der Waals surface area contributed by atoms with Gasteiger partial charge in [-0.15, -0.1) is 11.6 Å². The molecule has 0 amide bonds. The first-order chi connectivity index (χ1) is 14.4. The van der Waals surface area contributed by atoms with Gasteiger partial charge in [0.1, 0.15) is 0 Å². The van der Waals surface area contributed by atoms with Gasteiger partial charge in [0.05, 0.1) is 85.9 Å². The third kappa shape index (κ3) is 28.0. The van der Waals surface area contributed by atoms with Crippen LogP contribution in [0.3, 0.4) is 0 Å². The van der Waals surface area contributed by atoms with Crippen LogP contribution in [-0.2, 0) is 33.2 Å². The van der Waals surface area contributed by atoms with Crippen LogP contribution in [0.5, 0.6) is 0 Å². The fourth-order valence-electron chi connectivity index (χ4n) is 2.16. The van der Waals surface area contributed by atoms with Crippen molar-refractivity contribution in [3.8, 4) is 0 Å². The van der Waals surface area contributed by atoms with Crippen molar-refractivity contribution in [3.63, 3.8) is 0 Å². The van der Waals surface area contributed by atoms with E-state index in [1.54, 1.807) is 0 Å². The third-order valence-electron chi connectivity index (χ3n) is 3.67. The molecule has 0 aromatic heterocycles. The average molecular weight is 444 g/mol. The molecule has 0 spiro atoms. The van der Waals surface area contributed by atoms with Gasteiger partial charge < -0.3 is 38.9 Å². The lowest BCUT2D eigenvalue weighted by atomic mass is 10.2. The molecule has 9 heteroatoms. The Bertz CT molecular complexity index is 266. The minimum absolute atomic E-state index is 0.536. The van der Waals surface area contributed by atoms with Crippen molar-refractivity contribution >= 4 is 11.6 Å². The lowest BCUT2D eigenvalue weighted by Crippen LogP contribution is -2.15. The summed E-state index contributed by atoms with van der Waals surface area (Å²) in [6, 6.07) is 0. The maximum Gasteiger partial charge on any atom is 0.0701 e. The Morgan fingerprint density at radius 2 is 0.690 bits per heavy atom. The van der Waals surface area contributed by atoms with Crippen LogP contribution in [0.4, 0.5) is 0 Å². The number of halogens is 1. The van der Waals surface area contributed by atoms with Crippen molar-refractivity contribution in [1.82, 2.24) is 0 Å². The van der Waals surface area contributed by atoms with E-state index in [9.17, 15) is 0 Å². The highest BCUT2D eigenvalue weighted by Crippen LogP contribution is 2.01. The van der Waals surface area contributed by atoms with E-state index in [0.29, 0.717) is 92.4 Å². The highest BCUT2D eigenvalue weighted by atomic mass is 35.5. The molecule has 2 N–H and O–H groups in total. The molecule has 0 saturated carbocycles. The van der Waals surface area contributed by atoms with Crippen molar-refractivity contribution in [2.45, 2.75) is 25.7 Å². The summed E-state index contributed by atoms with van der Waals surface area (Å²) >= 11 is 5.63. The first-order valence-corrected chi connectivity index (χ1v) is 11.3. The summed E-state index contributed by atoms with van der Waals surface area (Å²) in [4.78, 5) is 0. The number of hydrogen-bond acceptors (Lipinski definition) is 8. The van der Waals surface area contributed by atoms with E-state index in [-0.39, 0.29) is 0 Å². The van der Waals surface area contributed by atoms with E-state index in [1.807, 2.05) is 0 Å². The fraction of sp³-hybridized carbons (Fsp3) is 1.00. The highest BCUT2D eigenvalue weighted by molar-refractivity contribution is 6.17. The van der Waals surface area contributed by atoms with Crippen LogP contribution in [0, 0.1) is 0 Å². The van der Waals surface area contributed by atoms with Crippen LogP contribution in [0.1, 0.15) is 25.7 Å². The van der Waals surface area contributed by atoms with Gasteiger partial charge in [-0.2, -0.15) is 0 Å². The molecule has 0 rings (SSSR count). The molecule has 0 atom stereocenters. The largest absolute Gasteiger partial charge is 0.379 e. The SMILES string of the molecule is NCCOCCOCCOCCOCCOCCOCCOCCCCCCCl. The van der Waals surface area contributed by atoms with Gasteiger partial charge >= 0.3 is 0 Å². The molecule has 0 aromatic carbocycles. The summed E-state index contributed by atoms with van der Waals surface area (Å²) in [6.45, 7) is 8.66. The molecular formula is C20H42ClNO7. The lowest BCUT2D eigenvalue weighted by Gasteiger charge is -2.08. The van der Waals surface area contributed by atoms with Gasteiger partial charge in [0, 0.05) is 19.0 Å². The molecule has 0 radical (unpaired) electrons. The Hall–Kier alpha value is -0.0300. The minimum atomic E-state index is 0.536. The predicted molar refractivity (Wildman–Crippen MR) is 114 cm³/mol. The molecule has 29 heavy (non-hydrogen) atoms. The van der Waals surface area contributed by atoms with Gasteiger partial charge in [-0.3, -0.25) is 0 Å². The molecule has 0 heterocycles. The van der Waals surface area contributed by atoms with Gasteiger partial charge in [-0.25, -0.2) is 0 Å². The summed E-state index contributed by atoms with van der Waals surface area (Å²) in [5, 5.41) is 0. The number of hydrogen-bond donors (Lipinski definition) is 1. The molecule has 8 nitrogen and oxygen atoms in total. The van der Waals surface area contributed by atoms with Gasteiger partial charge in [0.2, 0.25) is 0 Å². The number of ether oxygens (including phenoxy) is 7. The van der Waals surface area contributed by atoms with Crippen LogP contribution in [0.2, 0.25) is 0 Å². The Morgan fingerprint density at radius 1 is 0.379 bits per heavy atom. The average Bonchev–Trinajstić information content (AvgIpc) is 2.74. The van der Waals surface area contributed by atoms with Crippen LogP contribution >= 0.6 is 11.6 Å².